The van der Waals surface area contributed by atoms with Crippen molar-refractivity contribution in [2.75, 3.05) is 0 Å². The van der Waals surface area contributed by atoms with E-state index in [0.29, 0.717) is 11.7 Å². The lowest BCUT2D eigenvalue weighted by Gasteiger charge is -2.34. The van der Waals surface area contributed by atoms with Gasteiger partial charge in [0.1, 0.15) is 0 Å². The summed E-state index contributed by atoms with van der Waals surface area (Å²) in [6.07, 6.45) is 2.96. The zero-order valence-corrected chi connectivity index (χ0v) is 13.1. The minimum absolute atomic E-state index is 0.403. The number of rotatable bonds is 3. The summed E-state index contributed by atoms with van der Waals surface area (Å²) in [6, 6.07) is 6.03. The van der Waals surface area contributed by atoms with Gasteiger partial charge in [0.15, 0.2) is 5.82 Å². The number of thiophene rings is 1. The molecule has 112 valence electrons. The van der Waals surface area contributed by atoms with E-state index in [9.17, 15) is 0 Å². The van der Waals surface area contributed by atoms with E-state index in [-0.39, 0.29) is 0 Å². The zero-order valence-electron chi connectivity index (χ0n) is 12.2. The molecule has 0 atom stereocenters. The third-order valence-corrected chi connectivity index (χ3v) is 4.93. The fourth-order valence-electron chi connectivity index (χ4n) is 2.67. The lowest BCUT2D eigenvalue weighted by molar-refractivity contribution is 0.229. The van der Waals surface area contributed by atoms with Crippen molar-refractivity contribution in [2.45, 2.75) is 31.7 Å². The van der Waals surface area contributed by atoms with Gasteiger partial charge >= 0.3 is 0 Å². The number of aromatic nitrogens is 3. The maximum atomic E-state index is 6.24. The fourth-order valence-corrected chi connectivity index (χ4v) is 3.32. The third-order valence-electron chi connectivity index (χ3n) is 4.25. The van der Waals surface area contributed by atoms with Crippen LogP contribution in [0.5, 0.6) is 0 Å². The van der Waals surface area contributed by atoms with E-state index in [1.165, 1.54) is 0 Å². The molecule has 5 nitrogen and oxygen atoms in total. The van der Waals surface area contributed by atoms with Gasteiger partial charge in [0.25, 0.3) is 5.89 Å². The monoisotopic (exact) mass is 312 g/mol. The van der Waals surface area contributed by atoms with Crippen LogP contribution in [-0.2, 0) is 5.54 Å². The summed E-state index contributed by atoms with van der Waals surface area (Å²) in [5.74, 6) is 1.10. The molecule has 6 heteroatoms. The van der Waals surface area contributed by atoms with E-state index >= 15 is 0 Å². The summed E-state index contributed by atoms with van der Waals surface area (Å²) in [5.41, 5.74) is 9.66. The number of hydrogen-bond donors (Lipinski definition) is 1. The molecule has 1 aliphatic carbocycles. The molecule has 0 aromatic carbocycles. The van der Waals surface area contributed by atoms with Crippen molar-refractivity contribution in [1.29, 1.82) is 0 Å². The second-order valence-corrected chi connectivity index (χ2v) is 6.55. The molecular weight excluding hydrogens is 296 g/mol. The molecule has 0 spiro atoms. The Morgan fingerprint density at radius 3 is 2.73 bits per heavy atom. The summed E-state index contributed by atoms with van der Waals surface area (Å²) in [6.45, 7) is 1.95. The van der Waals surface area contributed by atoms with Crippen LogP contribution in [0.25, 0.3) is 22.7 Å². The minimum atomic E-state index is -0.403. The van der Waals surface area contributed by atoms with Crippen molar-refractivity contribution in [1.82, 2.24) is 15.1 Å². The van der Waals surface area contributed by atoms with Crippen molar-refractivity contribution < 1.29 is 4.52 Å². The highest BCUT2D eigenvalue weighted by Crippen LogP contribution is 2.38. The van der Waals surface area contributed by atoms with Crippen molar-refractivity contribution in [3.8, 4) is 22.7 Å². The van der Waals surface area contributed by atoms with Crippen LogP contribution >= 0.6 is 11.3 Å². The quantitative estimate of drug-likeness (QED) is 0.800. The highest BCUT2D eigenvalue weighted by atomic mass is 32.1. The van der Waals surface area contributed by atoms with E-state index in [2.05, 4.69) is 26.6 Å². The van der Waals surface area contributed by atoms with Crippen LogP contribution in [0.4, 0.5) is 0 Å². The molecule has 0 amide bonds. The van der Waals surface area contributed by atoms with Gasteiger partial charge < -0.3 is 10.3 Å². The Bertz CT molecular complexity index is 805. The largest absolute Gasteiger partial charge is 0.334 e. The van der Waals surface area contributed by atoms with Gasteiger partial charge in [0.2, 0.25) is 0 Å². The van der Waals surface area contributed by atoms with Gasteiger partial charge in [-0.15, -0.1) is 0 Å². The molecular formula is C16H16N4OS. The topological polar surface area (TPSA) is 77.8 Å². The lowest BCUT2D eigenvalue weighted by atomic mass is 9.77. The zero-order chi connectivity index (χ0) is 15.2. The minimum Gasteiger partial charge on any atom is -0.334 e. The number of nitrogens with zero attached hydrogens (tertiary/aromatic N) is 3. The van der Waals surface area contributed by atoms with E-state index in [0.717, 1.165) is 41.8 Å². The maximum absolute atomic E-state index is 6.24. The van der Waals surface area contributed by atoms with Crippen LogP contribution in [0.1, 0.15) is 30.8 Å². The molecule has 1 saturated carbocycles. The molecule has 0 unspecified atom stereocenters. The number of nitrogens with two attached hydrogens (primary N) is 1. The van der Waals surface area contributed by atoms with Crippen molar-refractivity contribution in [3.05, 3.63) is 40.5 Å². The summed E-state index contributed by atoms with van der Waals surface area (Å²) in [4.78, 5) is 9.13. The lowest BCUT2D eigenvalue weighted by Crippen LogP contribution is -2.44. The molecule has 1 fully saturated rings. The number of aryl methyl sites for hydroxylation is 1. The van der Waals surface area contributed by atoms with E-state index < -0.39 is 5.54 Å². The number of hydrogen-bond acceptors (Lipinski definition) is 6. The first kappa shape index (κ1) is 13.6. The van der Waals surface area contributed by atoms with E-state index in [1.807, 2.05) is 24.4 Å². The molecule has 0 bridgehead atoms. The Balaban J connectivity index is 1.68. The summed E-state index contributed by atoms with van der Waals surface area (Å²) >= 11 is 1.66. The average Bonchev–Trinajstić information content (AvgIpc) is 3.16. The molecule has 2 N–H and O–H groups in total. The Morgan fingerprint density at radius 1 is 1.23 bits per heavy atom. The van der Waals surface area contributed by atoms with Gasteiger partial charge in [-0.1, -0.05) is 5.16 Å². The Morgan fingerprint density at radius 2 is 2.09 bits per heavy atom. The first-order chi connectivity index (χ1) is 10.7. The summed E-state index contributed by atoms with van der Waals surface area (Å²) in [5, 5.41) is 8.19. The van der Waals surface area contributed by atoms with Crippen LogP contribution < -0.4 is 5.73 Å². The molecule has 3 aromatic heterocycles. The van der Waals surface area contributed by atoms with Crippen LogP contribution in [-0.4, -0.2) is 15.1 Å². The Hall–Kier alpha value is -2.05. The van der Waals surface area contributed by atoms with E-state index in [4.69, 9.17) is 10.3 Å². The molecule has 0 radical (unpaired) electrons. The van der Waals surface area contributed by atoms with Crippen molar-refractivity contribution in [2.24, 2.45) is 5.73 Å². The Kier molecular flexibility index (Phi) is 3.09. The standard InChI is InChI=1S/C16H16N4OS/c1-10-12(3-4-13(18-10)11-5-8-22-9-11)14-19-15(20-21-14)16(17)6-2-7-16/h3-5,8-9H,2,6-7,17H2,1H3. The van der Waals surface area contributed by atoms with Crippen LogP contribution in [0.2, 0.25) is 0 Å². The highest BCUT2D eigenvalue weighted by molar-refractivity contribution is 7.08. The smallest absolute Gasteiger partial charge is 0.259 e. The van der Waals surface area contributed by atoms with Gasteiger partial charge in [-0.3, -0.25) is 4.98 Å². The second-order valence-electron chi connectivity index (χ2n) is 5.77. The van der Waals surface area contributed by atoms with E-state index in [1.54, 1.807) is 11.3 Å². The Labute approximate surface area is 132 Å². The predicted octanol–water partition coefficient (Wildman–Crippen LogP) is 3.51. The van der Waals surface area contributed by atoms with Gasteiger partial charge in [-0.2, -0.15) is 16.3 Å². The average molecular weight is 312 g/mol. The second kappa shape index (κ2) is 5.00. The van der Waals surface area contributed by atoms with Crippen LogP contribution in [0.15, 0.2) is 33.5 Å². The first-order valence-electron chi connectivity index (χ1n) is 7.29. The van der Waals surface area contributed by atoms with Gasteiger partial charge in [0, 0.05) is 10.9 Å². The van der Waals surface area contributed by atoms with Crippen LogP contribution in [0.3, 0.4) is 0 Å². The van der Waals surface area contributed by atoms with Gasteiger partial charge in [0.05, 0.1) is 22.5 Å². The summed E-state index contributed by atoms with van der Waals surface area (Å²) < 4.78 is 5.41. The van der Waals surface area contributed by atoms with Crippen molar-refractivity contribution in [3.63, 3.8) is 0 Å². The van der Waals surface area contributed by atoms with Crippen molar-refractivity contribution >= 4 is 11.3 Å². The maximum Gasteiger partial charge on any atom is 0.259 e. The third kappa shape index (κ3) is 2.15. The first-order valence-corrected chi connectivity index (χ1v) is 8.24. The molecule has 3 heterocycles. The molecule has 22 heavy (non-hydrogen) atoms. The molecule has 1 aliphatic rings. The predicted molar refractivity (Wildman–Crippen MR) is 85.3 cm³/mol. The molecule has 3 aromatic rings. The SMILES string of the molecule is Cc1nc(-c2ccsc2)ccc1-c1nc(C2(N)CCC2)no1. The fraction of sp³-hybridized carbons (Fsp3) is 0.312. The molecule has 0 saturated heterocycles. The van der Waals surface area contributed by atoms with Gasteiger partial charge in [-0.25, -0.2) is 0 Å². The van der Waals surface area contributed by atoms with Crippen LogP contribution in [0, 0.1) is 6.92 Å². The highest BCUT2D eigenvalue weighted by Gasteiger charge is 2.39. The number of pyridine rings is 1. The summed E-state index contributed by atoms with van der Waals surface area (Å²) in [7, 11) is 0. The molecule has 4 rings (SSSR count). The normalized spacial score (nSPS) is 16.5. The molecule has 0 aliphatic heterocycles. The van der Waals surface area contributed by atoms with Gasteiger partial charge in [-0.05, 0) is 49.8 Å².